The first-order chi connectivity index (χ1) is 12.6. The monoisotopic (exact) mass is 421 g/mol. The van der Waals surface area contributed by atoms with E-state index in [1.54, 1.807) is 28.4 Å². The summed E-state index contributed by atoms with van der Waals surface area (Å²) in [4.78, 5) is 2.42. The largest absolute Gasteiger partial charge is 0.493 e. The number of ether oxygens (including phenoxy) is 4. The van der Waals surface area contributed by atoms with E-state index in [0.29, 0.717) is 0 Å². The lowest BCUT2D eigenvalue weighted by Gasteiger charge is -2.30. The van der Waals surface area contributed by atoms with Gasteiger partial charge in [-0.05, 0) is 47.4 Å². The van der Waals surface area contributed by atoms with Gasteiger partial charge < -0.3 is 18.9 Å². The summed E-state index contributed by atoms with van der Waals surface area (Å²) in [5, 5.41) is 0. The second kappa shape index (κ2) is 8.18. The van der Waals surface area contributed by atoms with E-state index >= 15 is 0 Å². The fourth-order valence-corrected chi connectivity index (χ4v) is 3.78. The molecule has 0 spiro atoms. The van der Waals surface area contributed by atoms with Crippen molar-refractivity contribution in [1.29, 1.82) is 0 Å². The molecule has 5 nitrogen and oxygen atoms in total. The Labute approximate surface area is 162 Å². The highest BCUT2D eigenvalue weighted by Crippen LogP contribution is 2.36. The minimum Gasteiger partial charge on any atom is -0.493 e. The number of methoxy groups -OCH3 is 4. The Morgan fingerprint density at radius 3 is 1.96 bits per heavy atom. The van der Waals surface area contributed by atoms with E-state index in [1.807, 2.05) is 12.1 Å². The van der Waals surface area contributed by atoms with Crippen LogP contribution in [-0.4, -0.2) is 39.9 Å². The normalized spacial score (nSPS) is 13.9. The molecule has 0 radical (unpaired) electrons. The van der Waals surface area contributed by atoms with Crippen LogP contribution in [0.1, 0.15) is 16.7 Å². The van der Waals surface area contributed by atoms with Crippen molar-refractivity contribution in [2.24, 2.45) is 0 Å². The van der Waals surface area contributed by atoms with Crippen molar-refractivity contribution in [2.45, 2.75) is 19.5 Å². The van der Waals surface area contributed by atoms with Crippen molar-refractivity contribution in [1.82, 2.24) is 4.90 Å². The second-order valence-electron chi connectivity index (χ2n) is 6.24. The summed E-state index contributed by atoms with van der Waals surface area (Å²) in [5.74, 6) is 3.04. The molecule has 0 aliphatic carbocycles. The molecule has 26 heavy (non-hydrogen) atoms. The zero-order valence-corrected chi connectivity index (χ0v) is 17.2. The van der Waals surface area contributed by atoms with Crippen LogP contribution in [0.15, 0.2) is 28.7 Å². The molecule has 140 valence electrons. The standard InChI is InChI=1S/C20H24BrNO4/c1-23-17-7-13-5-6-22(11-14(13)8-18(17)24-2)12-15-9-19(25-3)20(26-4)10-16(15)21/h7-10H,5-6,11-12H2,1-4H3. The molecule has 0 amide bonds. The van der Waals surface area contributed by atoms with Crippen molar-refractivity contribution in [3.63, 3.8) is 0 Å². The van der Waals surface area contributed by atoms with Gasteiger partial charge in [0.05, 0.1) is 28.4 Å². The predicted octanol–water partition coefficient (Wildman–Crippen LogP) is 4.04. The van der Waals surface area contributed by atoms with Gasteiger partial charge in [0, 0.05) is 24.1 Å². The van der Waals surface area contributed by atoms with Crippen LogP contribution in [0.25, 0.3) is 0 Å². The molecule has 1 heterocycles. The Morgan fingerprint density at radius 2 is 1.35 bits per heavy atom. The zero-order chi connectivity index (χ0) is 18.7. The van der Waals surface area contributed by atoms with Gasteiger partial charge in [-0.25, -0.2) is 0 Å². The molecule has 0 atom stereocenters. The first-order valence-corrected chi connectivity index (χ1v) is 9.25. The molecule has 2 aromatic carbocycles. The third-order valence-electron chi connectivity index (χ3n) is 4.74. The average Bonchev–Trinajstić information content (AvgIpc) is 2.67. The van der Waals surface area contributed by atoms with Gasteiger partial charge in [-0.15, -0.1) is 0 Å². The maximum Gasteiger partial charge on any atom is 0.161 e. The molecular weight excluding hydrogens is 398 g/mol. The number of benzene rings is 2. The Bertz CT molecular complexity index is 794. The molecule has 6 heteroatoms. The lowest BCUT2D eigenvalue weighted by atomic mass is 9.98. The predicted molar refractivity (Wildman–Crippen MR) is 105 cm³/mol. The quantitative estimate of drug-likeness (QED) is 0.703. The van der Waals surface area contributed by atoms with E-state index < -0.39 is 0 Å². The van der Waals surface area contributed by atoms with Gasteiger partial charge in [-0.1, -0.05) is 15.9 Å². The number of rotatable bonds is 6. The van der Waals surface area contributed by atoms with Gasteiger partial charge in [0.2, 0.25) is 0 Å². The minimum absolute atomic E-state index is 0.726. The molecule has 1 aliphatic heterocycles. The van der Waals surface area contributed by atoms with Crippen LogP contribution in [0.4, 0.5) is 0 Å². The Hall–Kier alpha value is -1.92. The second-order valence-corrected chi connectivity index (χ2v) is 7.09. The topological polar surface area (TPSA) is 40.2 Å². The van der Waals surface area contributed by atoms with Gasteiger partial charge in [-0.3, -0.25) is 4.90 Å². The first kappa shape index (κ1) is 18.9. The van der Waals surface area contributed by atoms with Crippen LogP contribution in [0.3, 0.4) is 0 Å². The van der Waals surface area contributed by atoms with Crippen molar-refractivity contribution < 1.29 is 18.9 Å². The maximum absolute atomic E-state index is 5.45. The molecule has 0 saturated carbocycles. The van der Waals surface area contributed by atoms with Crippen molar-refractivity contribution in [3.8, 4) is 23.0 Å². The van der Waals surface area contributed by atoms with Crippen LogP contribution in [0.2, 0.25) is 0 Å². The van der Waals surface area contributed by atoms with E-state index in [9.17, 15) is 0 Å². The highest BCUT2D eigenvalue weighted by atomic mass is 79.9. The molecule has 0 N–H and O–H groups in total. The molecule has 3 rings (SSSR count). The average molecular weight is 422 g/mol. The summed E-state index contributed by atoms with van der Waals surface area (Å²) in [7, 11) is 6.65. The van der Waals surface area contributed by atoms with Crippen molar-refractivity contribution >= 4 is 15.9 Å². The molecule has 0 saturated heterocycles. The summed E-state index contributed by atoms with van der Waals surface area (Å²) in [6, 6.07) is 8.18. The third-order valence-corrected chi connectivity index (χ3v) is 5.48. The van der Waals surface area contributed by atoms with Crippen LogP contribution in [0.5, 0.6) is 23.0 Å². The van der Waals surface area contributed by atoms with Gasteiger partial charge in [0.1, 0.15) is 0 Å². The summed E-state index contributed by atoms with van der Waals surface area (Å²) in [6.45, 7) is 2.69. The van der Waals surface area contributed by atoms with Crippen LogP contribution < -0.4 is 18.9 Å². The van der Waals surface area contributed by atoms with E-state index in [-0.39, 0.29) is 0 Å². The highest BCUT2D eigenvalue weighted by Gasteiger charge is 2.21. The first-order valence-electron chi connectivity index (χ1n) is 8.46. The van der Waals surface area contributed by atoms with Gasteiger partial charge in [0.15, 0.2) is 23.0 Å². The molecule has 0 aromatic heterocycles. The van der Waals surface area contributed by atoms with E-state index in [2.05, 4.69) is 33.0 Å². The summed E-state index contributed by atoms with van der Waals surface area (Å²) >= 11 is 3.65. The number of hydrogen-bond acceptors (Lipinski definition) is 5. The van der Waals surface area contributed by atoms with Crippen molar-refractivity contribution in [3.05, 3.63) is 45.4 Å². The Balaban J connectivity index is 1.81. The van der Waals surface area contributed by atoms with Gasteiger partial charge in [0.25, 0.3) is 0 Å². The van der Waals surface area contributed by atoms with E-state index in [1.165, 1.54) is 16.7 Å². The third kappa shape index (κ3) is 3.76. The molecule has 0 unspecified atom stereocenters. The smallest absolute Gasteiger partial charge is 0.161 e. The van der Waals surface area contributed by atoms with Gasteiger partial charge >= 0.3 is 0 Å². The van der Waals surface area contributed by atoms with Gasteiger partial charge in [-0.2, -0.15) is 0 Å². The molecule has 0 fully saturated rings. The Kier molecular flexibility index (Phi) is 5.94. The van der Waals surface area contributed by atoms with E-state index in [4.69, 9.17) is 18.9 Å². The minimum atomic E-state index is 0.726. The van der Waals surface area contributed by atoms with Crippen LogP contribution >= 0.6 is 15.9 Å². The van der Waals surface area contributed by atoms with Crippen molar-refractivity contribution in [2.75, 3.05) is 35.0 Å². The zero-order valence-electron chi connectivity index (χ0n) is 15.6. The SMILES string of the molecule is COc1cc(Br)c(CN2CCc3cc(OC)c(OC)cc3C2)cc1OC. The molecule has 1 aliphatic rings. The molecule has 0 bridgehead atoms. The maximum atomic E-state index is 5.45. The fraction of sp³-hybridized carbons (Fsp3) is 0.400. The van der Waals surface area contributed by atoms with Crippen LogP contribution in [-0.2, 0) is 19.5 Å². The van der Waals surface area contributed by atoms with Crippen LogP contribution in [0, 0.1) is 0 Å². The summed E-state index contributed by atoms with van der Waals surface area (Å²) < 4.78 is 22.7. The Morgan fingerprint density at radius 1 is 0.808 bits per heavy atom. The number of halogens is 1. The number of hydrogen-bond donors (Lipinski definition) is 0. The molecular formula is C20H24BrNO4. The molecule has 2 aromatic rings. The highest BCUT2D eigenvalue weighted by molar-refractivity contribution is 9.10. The number of nitrogens with zero attached hydrogens (tertiary/aromatic N) is 1. The lowest BCUT2D eigenvalue weighted by molar-refractivity contribution is 0.243. The summed E-state index contributed by atoms with van der Waals surface area (Å²) in [5.41, 5.74) is 3.78. The number of fused-ring (bicyclic) bond motifs is 1. The lowest BCUT2D eigenvalue weighted by Crippen LogP contribution is -2.30. The van der Waals surface area contributed by atoms with E-state index in [0.717, 1.165) is 53.5 Å². The summed E-state index contributed by atoms with van der Waals surface area (Å²) in [6.07, 6.45) is 0.987. The fourth-order valence-electron chi connectivity index (χ4n) is 3.33.